The van der Waals surface area contributed by atoms with E-state index in [4.69, 9.17) is 10.8 Å². The molecule has 242 valence electrons. The SMILES string of the molecule is CCC[N+](CCC)(C(P(=O)(O)O)P(=O)(O)O)C(P(=O)(O)O)P(=O)(O)O.NCCCCCCCCCCCC(=O)O. The van der Waals surface area contributed by atoms with Crippen molar-refractivity contribution in [2.45, 2.75) is 102 Å². The summed E-state index contributed by atoms with van der Waals surface area (Å²) in [6.45, 7) is 2.19. The van der Waals surface area contributed by atoms with Gasteiger partial charge in [0.05, 0.1) is 13.1 Å². The number of aliphatic carboxylic acids is 1. The average molecular weight is 666 g/mol. The smallest absolute Gasteiger partial charge is 0.395 e. The van der Waals surface area contributed by atoms with E-state index in [1.165, 1.54) is 52.4 Å². The van der Waals surface area contributed by atoms with Crippen molar-refractivity contribution >= 4 is 36.4 Å². The summed E-state index contributed by atoms with van der Waals surface area (Å²) in [5, 5.41) is 8.43. The van der Waals surface area contributed by atoms with Crippen LogP contribution in [0.25, 0.3) is 0 Å². The van der Waals surface area contributed by atoms with E-state index in [0.29, 0.717) is 6.42 Å². The summed E-state index contributed by atoms with van der Waals surface area (Å²) in [6, 6.07) is 0. The van der Waals surface area contributed by atoms with Gasteiger partial charge in [0.2, 0.25) is 0 Å². The molecule has 11 N–H and O–H groups in total. The normalized spacial score (nSPS) is 13.4. The minimum Gasteiger partial charge on any atom is -0.481 e. The van der Waals surface area contributed by atoms with Crippen molar-refractivity contribution in [2.24, 2.45) is 5.73 Å². The van der Waals surface area contributed by atoms with Gasteiger partial charge in [-0.15, -0.1) is 0 Å². The second-order valence-electron chi connectivity index (χ2n) is 9.71. The highest BCUT2D eigenvalue weighted by atomic mass is 31.2. The number of carboxylic acid groups (broad SMARTS) is 1. The Balaban J connectivity index is 0. The molecule has 0 bridgehead atoms. The summed E-state index contributed by atoms with van der Waals surface area (Å²) in [7, 11) is -23.0. The van der Waals surface area contributed by atoms with Crippen LogP contribution in [0.1, 0.15) is 90.9 Å². The fraction of sp³-hybridized carbons (Fsp3) is 0.950. The Hall–Kier alpha value is -0.0100. The second-order valence-corrected chi connectivity index (χ2v) is 17.2. The van der Waals surface area contributed by atoms with E-state index >= 15 is 0 Å². The molecule has 0 aromatic carbocycles. The van der Waals surface area contributed by atoms with Crippen LogP contribution in [0.3, 0.4) is 0 Å². The van der Waals surface area contributed by atoms with E-state index in [9.17, 15) is 62.2 Å². The number of nitrogens with zero attached hydrogens (tertiary/aromatic N) is 1. The van der Waals surface area contributed by atoms with Crippen LogP contribution in [0.4, 0.5) is 0 Å². The second kappa shape index (κ2) is 19.3. The average Bonchev–Trinajstić information content (AvgIpc) is 2.71. The maximum atomic E-state index is 11.8. The van der Waals surface area contributed by atoms with E-state index in [1.54, 1.807) is 0 Å². The standard InChI is InChI=1S/C12H25NO2.C8H23NO12P4/c13-11-9-7-5-3-1-2-4-6-8-10-12(14)15;1-3-5-9(6-4-2,7(22(10,11)12)23(13,14)15)8(24(16,17)18)25(19,20)21/h1-11,13H2,(H,14,15);7-8H,3-6H2,1-2H3,(H7-,10,11,12,13,14,15,16,17,18,19,20,21)/p+1. The third-order valence-corrected chi connectivity index (χ3v) is 13.9. The van der Waals surface area contributed by atoms with E-state index < -0.39 is 65.0 Å². The number of nitrogens with two attached hydrogens (primary N) is 1. The molecule has 20 heteroatoms. The predicted molar refractivity (Wildman–Crippen MR) is 149 cm³/mol. The van der Waals surface area contributed by atoms with Gasteiger partial charge in [-0.05, 0) is 32.2 Å². The van der Waals surface area contributed by atoms with Gasteiger partial charge in [0.15, 0.2) is 0 Å². The Labute approximate surface area is 235 Å². The highest BCUT2D eigenvalue weighted by Crippen LogP contribution is 2.72. The molecule has 0 fully saturated rings. The highest BCUT2D eigenvalue weighted by molar-refractivity contribution is 7.72. The molecule has 0 atom stereocenters. The number of unbranched alkanes of at least 4 members (excludes halogenated alkanes) is 8. The molecule has 0 saturated heterocycles. The molecule has 0 rings (SSSR count). The Morgan fingerprint density at radius 3 is 1.10 bits per heavy atom. The van der Waals surface area contributed by atoms with Gasteiger partial charge in [-0.2, -0.15) is 0 Å². The molecule has 40 heavy (non-hydrogen) atoms. The number of carboxylic acids is 1. The Morgan fingerprint density at radius 2 is 0.875 bits per heavy atom. The minimum atomic E-state index is -5.75. The molecule has 0 radical (unpaired) electrons. The molecule has 0 amide bonds. The summed E-state index contributed by atoms with van der Waals surface area (Å²) < 4.78 is 45.5. The zero-order valence-electron chi connectivity index (χ0n) is 23.1. The summed E-state index contributed by atoms with van der Waals surface area (Å²) in [4.78, 5) is 86.1. The van der Waals surface area contributed by atoms with Crippen LogP contribution in [-0.2, 0) is 23.1 Å². The van der Waals surface area contributed by atoms with Crippen molar-refractivity contribution in [3.8, 4) is 0 Å². The van der Waals surface area contributed by atoms with Crippen molar-refractivity contribution in [1.29, 1.82) is 0 Å². The van der Waals surface area contributed by atoms with Crippen LogP contribution in [-0.4, -0.2) is 85.4 Å². The lowest BCUT2D eigenvalue weighted by Crippen LogP contribution is -2.61. The molecule has 0 aromatic heterocycles. The fourth-order valence-electron chi connectivity index (χ4n) is 4.77. The molecule has 0 aromatic rings. The molecular formula is C20H49N2O14P4+. The first-order chi connectivity index (χ1) is 18.1. The van der Waals surface area contributed by atoms with Gasteiger partial charge in [0.25, 0.3) is 11.0 Å². The first-order valence-electron chi connectivity index (χ1n) is 13.1. The Bertz CT molecular complexity index is 813. The first-order valence-corrected chi connectivity index (χ1v) is 19.8. The van der Waals surface area contributed by atoms with Gasteiger partial charge < -0.3 is 50.0 Å². The van der Waals surface area contributed by atoms with Crippen LogP contribution in [0.2, 0.25) is 0 Å². The molecule has 16 nitrogen and oxygen atoms in total. The lowest BCUT2D eigenvalue weighted by Gasteiger charge is -2.48. The van der Waals surface area contributed by atoms with E-state index in [1.807, 2.05) is 0 Å². The van der Waals surface area contributed by atoms with E-state index in [-0.39, 0.29) is 12.8 Å². The van der Waals surface area contributed by atoms with Gasteiger partial charge in [-0.1, -0.05) is 58.8 Å². The third kappa shape index (κ3) is 16.6. The van der Waals surface area contributed by atoms with Crippen molar-refractivity contribution in [3.05, 3.63) is 0 Å². The van der Waals surface area contributed by atoms with Crippen LogP contribution in [0.15, 0.2) is 0 Å². The quantitative estimate of drug-likeness (QED) is 0.0479. The van der Waals surface area contributed by atoms with Crippen LogP contribution >= 0.6 is 30.4 Å². The molecule has 0 aliphatic carbocycles. The van der Waals surface area contributed by atoms with Gasteiger partial charge in [0.1, 0.15) is 0 Å². The monoisotopic (exact) mass is 665 g/mol. The number of hydrogen-bond donors (Lipinski definition) is 10. The fourth-order valence-corrected chi connectivity index (χ4v) is 12.2. The van der Waals surface area contributed by atoms with Gasteiger partial charge >= 0.3 is 36.4 Å². The molecule has 0 aliphatic rings. The molecule has 0 spiro atoms. The largest absolute Gasteiger partial charge is 0.481 e. The minimum absolute atomic E-state index is 0.118. The van der Waals surface area contributed by atoms with Crippen LogP contribution in [0, 0.1) is 0 Å². The van der Waals surface area contributed by atoms with Crippen LogP contribution < -0.4 is 5.73 Å². The number of carbonyl (C=O) groups is 1. The lowest BCUT2D eigenvalue weighted by atomic mass is 10.1. The summed E-state index contributed by atoms with van der Waals surface area (Å²) in [5.41, 5.74) is -0.645. The number of quaternary nitrogens is 1. The number of hydrogen-bond acceptors (Lipinski definition) is 6. The zero-order valence-corrected chi connectivity index (χ0v) is 26.7. The van der Waals surface area contributed by atoms with Gasteiger partial charge in [-0.25, -0.2) is 0 Å². The first kappa shape index (κ1) is 42.1. The van der Waals surface area contributed by atoms with Crippen LogP contribution in [0.5, 0.6) is 0 Å². The number of rotatable bonds is 21. The van der Waals surface area contributed by atoms with Gasteiger partial charge in [-0.3, -0.25) is 27.5 Å². The lowest BCUT2D eigenvalue weighted by molar-refractivity contribution is -0.930. The summed E-state index contributed by atoms with van der Waals surface area (Å²) in [6.07, 6.45) is 10.7. The zero-order chi connectivity index (χ0) is 31.8. The molecule has 0 unspecified atom stereocenters. The molecular weight excluding hydrogens is 616 g/mol. The van der Waals surface area contributed by atoms with Crippen molar-refractivity contribution in [1.82, 2.24) is 0 Å². The summed E-state index contributed by atoms with van der Waals surface area (Å²) in [5.74, 6) is -0.670. The van der Waals surface area contributed by atoms with Crippen molar-refractivity contribution < 1.29 is 71.8 Å². The maximum Gasteiger partial charge on any atom is 0.395 e. The molecule has 0 heterocycles. The van der Waals surface area contributed by atoms with Crippen molar-refractivity contribution in [3.63, 3.8) is 0 Å². The molecule has 0 saturated carbocycles. The maximum absolute atomic E-state index is 11.8. The van der Waals surface area contributed by atoms with E-state index in [2.05, 4.69) is 0 Å². The van der Waals surface area contributed by atoms with E-state index in [0.717, 1.165) is 25.8 Å². The molecule has 0 aliphatic heterocycles. The predicted octanol–water partition coefficient (Wildman–Crippen LogP) is 2.83. The Kier molecular flexibility index (Phi) is 20.3. The Morgan fingerprint density at radius 1 is 0.600 bits per heavy atom. The highest BCUT2D eigenvalue weighted by Gasteiger charge is 2.68. The third-order valence-electron chi connectivity index (χ3n) is 6.00. The topological polar surface area (TPSA) is 293 Å². The van der Waals surface area contributed by atoms with Gasteiger partial charge in [0, 0.05) is 6.42 Å². The van der Waals surface area contributed by atoms with Crippen molar-refractivity contribution in [2.75, 3.05) is 19.6 Å². The summed E-state index contributed by atoms with van der Waals surface area (Å²) >= 11 is 0.